The Kier molecular flexibility index (Phi) is 7.31. The van der Waals surface area contributed by atoms with Crippen molar-refractivity contribution in [3.8, 4) is 11.1 Å². The predicted octanol–water partition coefficient (Wildman–Crippen LogP) is 3.06. The molecule has 0 bridgehead atoms. The fraction of sp³-hybridized carbons (Fsp3) is 0.250. The third-order valence-electron chi connectivity index (χ3n) is 5.33. The lowest BCUT2D eigenvalue weighted by Crippen LogP contribution is -2.35. The number of amides is 2. The summed E-state index contributed by atoms with van der Waals surface area (Å²) in [5, 5.41) is 18.2. The molecular formula is C24H26N6O4. The van der Waals surface area contributed by atoms with E-state index in [-0.39, 0.29) is 11.7 Å². The molecule has 4 rings (SSSR count). The summed E-state index contributed by atoms with van der Waals surface area (Å²) in [5.74, 6) is -0.101. The number of carbonyl (C=O) groups excluding carboxylic acids is 1. The van der Waals surface area contributed by atoms with Gasteiger partial charge in [-0.1, -0.05) is 12.1 Å². The summed E-state index contributed by atoms with van der Waals surface area (Å²) in [4.78, 5) is 29.9. The molecule has 0 saturated carbocycles. The lowest BCUT2D eigenvalue weighted by atomic mass is 10.0. The normalized spacial score (nSPS) is 14.3. The van der Waals surface area contributed by atoms with Crippen molar-refractivity contribution in [2.45, 2.75) is 6.54 Å². The van der Waals surface area contributed by atoms with Gasteiger partial charge in [-0.3, -0.25) is 19.7 Å². The van der Waals surface area contributed by atoms with Crippen LogP contribution in [0.4, 0.5) is 16.3 Å². The Hall–Kier alpha value is -4.02. The average Bonchev–Trinajstić information content (AvgIpc) is 3.26. The molecule has 0 unspecified atom stereocenters. The number of hydrogen-bond acceptors (Lipinski definition) is 6. The number of rotatable bonds is 7. The number of aromatic nitrogens is 3. The van der Waals surface area contributed by atoms with E-state index in [1.807, 2.05) is 24.3 Å². The Balaban J connectivity index is 1.43. The summed E-state index contributed by atoms with van der Waals surface area (Å²) in [6.45, 7) is 4.22. The van der Waals surface area contributed by atoms with Crippen LogP contribution >= 0.6 is 0 Å². The van der Waals surface area contributed by atoms with Crippen molar-refractivity contribution in [1.82, 2.24) is 19.7 Å². The number of nitrogens with zero attached hydrogens (tertiary/aromatic N) is 4. The molecule has 1 aliphatic heterocycles. The van der Waals surface area contributed by atoms with E-state index in [4.69, 9.17) is 9.84 Å². The van der Waals surface area contributed by atoms with E-state index < -0.39 is 6.09 Å². The van der Waals surface area contributed by atoms with Crippen molar-refractivity contribution in [3.63, 3.8) is 0 Å². The van der Waals surface area contributed by atoms with E-state index in [2.05, 4.69) is 25.6 Å². The van der Waals surface area contributed by atoms with Crippen LogP contribution in [-0.4, -0.2) is 63.1 Å². The molecule has 10 nitrogen and oxygen atoms in total. The number of morpholine rings is 1. The molecule has 2 aromatic heterocycles. The Morgan fingerprint density at radius 3 is 2.59 bits per heavy atom. The standard InChI is InChI=1S/C24H26N6O4/c1-29-16-19(14-26-29)21-12-22(28-24(32)33)25-13-18(21)4-7-23(31)27-20-5-2-17(3-6-20)15-30-8-10-34-11-9-30/h2-7,12-14,16H,8-11,15H2,1H3,(H,25,28)(H,27,31)(H,32,33). The average molecular weight is 463 g/mol. The molecule has 0 atom stereocenters. The van der Waals surface area contributed by atoms with Crippen LogP contribution in [0, 0.1) is 0 Å². The highest BCUT2D eigenvalue weighted by Crippen LogP contribution is 2.26. The Labute approximate surface area is 196 Å². The van der Waals surface area contributed by atoms with Crippen LogP contribution in [-0.2, 0) is 23.1 Å². The second-order valence-electron chi connectivity index (χ2n) is 7.90. The Bertz CT molecular complexity index is 1180. The monoisotopic (exact) mass is 462 g/mol. The second-order valence-corrected chi connectivity index (χ2v) is 7.90. The van der Waals surface area contributed by atoms with Gasteiger partial charge in [0.1, 0.15) is 5.82 Å². The fourth-order valence-corrected chi connectivity index (χ4v) is 3.65. The molecular weight excluding hydrogens is 436 g/mol. The number of pyridine rings is 1. The van der Waals surface area contributed by atoms with Crippen molar-refractivity contribution < 1.29 is 19.4 Å². The highest BCUT2D eigenvalue weighted by atomic mass is 16.5. The summed E-state index contributed by atoms with van der Waals surface area (Å²) in [6, 6.07) is 9.39. The van der Waals surface area contributed by atoms with Crippen molar-refractivity contribution in [2.75, 3.05) is 36.9 Å². The number of benzene rings is 1. The zero-order valence-electron chi connectivity index (χ0n) is 18.8. The molecule has 0 aliphatic carbocycles. The molecule has 34 heavy (non-hydrogen) atoms. The second kappa shape index (κ2) is 10.7. The third-order valence-corrected chi connectivity index (χ3v) is 5.33. The van der Waals surface area contributed by atoms with Gasteiger partial charge in [0.2, 0.25) is 5.91 Å². The zero-order chi connectivity index (χ0) is 23.9. The summed E-state index contributed by atoms with van der Waals surface area (Å²) in [7, 11) is 1.79. The highest BCUT2D eigenvalue weighted by molar-refractivity contribution is 6.02. The molecule has 3 N–H and O–H groups in total. The zero-order valence-corrected chi connectivity index (χ0v) is 18.8. The maximum Gasteiger partial charge on any atom is 0.410 e. The molecule has 3 aromatic rings. The Morgan fingerprint density at radius 2 is 1.91 bits per heavy atom. The van der Waals surface area contributed by atoms with E-state index in [0.717, 1.165) is 38.4 Å². The van der Waals surface area contributed by atoms with Crippen LogP contribution in [0.5, 0.6) is 0 Å². The molecule has 0 radical (unpaired) electrons. The highest BCUT2D eigenvalue weighted by Gasteiger charge is 2.12. The maximum absolute atomic E-state index is 12.5. The minimum atomic E-state index is -1.21. The summed E-state index contributed by atoms with van der Waals surface area (Å²) < 4.78 is 7.02. The number of aryl methyl sites for hydroxylation is 1. The van der Waals surface area contributed by atoms with Gasteiger partial charge in [-0.05, 0) is 35.4 Å². The van der Waals surface area contributed by atoms with Crippen LogP contribution in [0.25, 0.3) is 17.2 Å². The predicted molar refractivity (Wildman–Crippen MR) is 128 cm³/mol. The van der Waals surface area contributed by atoms with Gasteiger partial charge in [0.15, 0.2) is 0 Å². The van der Waals surface area contributed by atoms with Crippen LogP contribution in [0.2, 0.25) is 0 Å². The summed E-state index contributed by atoms with van der Waals surface area (Å²) in [5.41, 5.74) is 4.00. The minimum absolute atomic E-state index is 0.185. The SMILES string of the molecule is Cn1cc(-c2cc(NC(=O)O)ncc2C=CC(=O)Nc2ccc(CN3CCOCC3)cc2)cn1. The maximum atomic E-state index is 12.5. The topological polar surface area (TPSA) is 122 Å². The third kappa shape index (κ3) is 6.27. The summed E-state index contributed by atoms with van der Waals surface area (Å²) in [6.07, 6.45) is 6.83. The van der Waals surface area contributed by atoms with Gasteiger partial charge in [-0.25, -0.2) is 9.78 Å². The first kappa shape index (κ1) is 23.1. The first-order valence-electron chi connectivity index (χ1n) is 10.8. The van der Waals surface area contributed by atoms with E-state index in [9.17, 15) is 9.59 Å². The van der Waals surface area contributed by atoms with Gasteiger partial charge in [-0.2, -0.15) is 5.10 Å². The van der Waals surface area contributed by atoms with E-state index in [1.165, 1.54) is 17.8 Å². The number of hydrogen-bond donors (Lipinski definition) is 3. The molecule has 176 valence electrons. The van der Waals surface area contributed by atoms with Crippen LogP contribution in [0.15, 0.2) is 55.0 Å². The van der Waals surface area contributed by atoms with Gasteiger partial charge in [0, 0.05) is 62.0 Å². The lowest BCUT2D eigenvalue weighted by molar-refractivity contribution is -0.111. The fourth-order valence-electron chi connectivity index (χ4n) is 3.65. The number of carboxylic acid groups (broad SMARTS) is 1. The molecule has 1 fully saturated rings. The van der Waals surface area contributed by atoms with Crippen LogP contribution < -0.4 is 10.6 Å². The first-order valence-corrected chi connectivity index (χ1v) is 10.8. The molecule has 0 spiro atoms. The quantitative estimate of drug-likeness (QED) is 0.461. The molecule has 1 aliphatic rings. The van der Waals surface area contributed by atoms with Gasteiger partial charge < -0.3 is 15.2 Å². The van der Waals surface area contributed by atoms with Crippen molar-refractivity contribution in [1.29, 1.82) is 0 Å². The summed E-state index contributed by atoms with van der Waals surface area (Å²) >= 11 is 0. The molecule has 1 aromatic carbocycles. The molecule has 1 saturated heterocycles. The number of nitrogens with one attached hydrogen (secondary N) is 2. The van der Waals surface area contributed by atoms with Gasteiger partial charge in [-0.15, -0.1) is 0 Å². The van der Waals surface area contributed by atoms with Crippen LogP contribution in [0.3, 0.4) is 0 Å². The van der Waals surface area contributed by atoms with Crippen molar-refractivity contribution in [2.24, 2.45) is 7.05 Å². The number of ether oxygens (including phenoxy) is 1. The largest absolute Gasteiger partial charge is 0.465 e. The molecule has 2 amide bonds. The lowest BCUT2D eigenvalue weighted by Gasteiger charge is -2.26. The number of carbonyl (C=O) groups is 2. The smallest absolute Gasteiger partial charge is 0.410 e. The van der Waals surface area contributed by atoms with E-state index >= 15 is 0 Å². The van der Waals surface area contributed by atoms with Crippen molar-refractivity contribution in [3.05, 3.63) is 66.1 Å². The number of anilines is 2. The molecule has 10 heteroatoms. The minimum Gasteiger partial charge on any atom is -0.465 e. The van der Waals surface area contributed by atoms with Gasteiger partial charge in [0.05, 0.1) is 19.4 Å². The van der Waals surface area contributed by atoms with E-state index in [1.54, 1.807) is 36.3 Å². The first-order chi connectivity index (χ1) is 16.5. The molecule has 3 heterocycles. The van der Waals surface area contributed by atoms with Crippen LogP contribution in [0.1, 0.15) is 11.1 Å². The van der Waals surface area contributed by atoms with Crippen molar-refractivity contribution >= 4 is 29.6 Å². The van der Waals surface area contributed by atoms with Gasteiger partial charge >= 0.3 is 6.09 Å². The van der Waals surface area contributed by atoms with Gasteiger partial charge in [0.25, 0.3) is 0 Å². The Morgan fingerprint density at radius 1 is 1.15 bits per heavy atom. The van der Waals surface area contributed by atoms with E-state index in [0.29, 0.717) is 16.8 Å².